The zero-order valence-corrected chi connectivity index (χ0v) is 16.1. The van der Waals surface area contributed by atoms with E-state index >= 15 is 0 Å². The number of carbonyl (C=O) groups is 1. The third-order valence-corrected chi connectivity index (χ3v) is 4.68. The highest BCUT2D eigenvalue weighted by molar-refractivity contribution is 5.94. The van der Waals surface area contributed by atoms with E-state index < -0.39 is 0 Å². The van der Waals surface area contributed by atoms with Crippen LogP contribution in [0.25, 0.3) is 0 Å². The molecule has 0 radical (unpaired) electrons. The second kappa shape index (κ2) is 8.08. The number of hydrogen-bond acceptors (Lipinski definition) is 3. The number of aromatic nitrogens is 2. The molecule has 0 spiro atoms. The first-order chi connectivity index (χ1) is 13.0. The van der Waals surface area contributed by atoms with E-state index in [4.69, 9.17) is 4.74 Å². The van der Waals surface area contributed by atoms with Crippen molar-refractivity contribution < 1.29 is 9.53 Å². The van der Waals surface area contributed by atoms with Crippen LogP contribution < -0.4 is 10.1 Å². The predicted molar refractivity (Wildman–Crippen MR) is 106 cm³/mol. The molecule has 2 aromatic carbocycles. The number of carbonyl (C=O) groups excluding carboxylic acids is 1. The third-order valence-electron chi connectivity index (χ3n) is 4.68. The number of methoxy groups -OCH3 is 1. The fourth-order valence-corrected chi connectivity index (χ4v) is 2.98. The Morgan fingerprint density at radius 3 is 2.19 bits per heavy atom. The Labute approximate surface area is 160 Å². The van der Waals surface area contributed by atoms with Gasteiger partial charge in [0.15, 0.2) is 0 Å². The van der Waals surface area contributed by atoms with Crippen LogP contribution in [0, 0.1) is 0 Å². The summed E-state index contributed by atoms with van der Waals surface area (Å²) in [6.07, 6.45) is 3.60. The largest absolute Gasteiger partial charge is 0.497 e. The van der Waals surface area contributed by atoms with Crippen LogP contribution in [-0.4, -0.2) is 22.6 Å². The van der Waals surface area contributed by atoms with Crippen molar-refractivity contribution in [1.29, 1.82) is 0 Å². The topological polar surface area (TPSA) is 56.1 Å². The van der Waals surface area contributed by atoms with Crippen molar-refractivity contribution in [2.45, 2.75) is 25.8 Å². The average molecular weight is 363 g/mol. The Hall–Kier alpha value is -3.08. The molecular weight excluding hydrogens is 338 g/mol. The summed E-state index contributed by atoms with van der Waals surface area (Å²) in [5.41, 5.74) is 2.78. The number of aryl methyl sites for hydroxylation is 1. The first-order valence-corrected chi connectivity index (χ1v) is 9.01. The summed E-state index contributed by atoms with van der Waals surface area (Å²) in [6.45, 7) is 4.27. The van der Waals surface area contributed by atoms with Crippen LogP contribution >= 0.6 is 0 Å². The van der Waals surface area contributed by atoms with Crippen LogP contribution in [0.15, 0.2) is 60.9 Å². The van der Waals surface area contributed by atoms with Crippen molar-refractivity contribution in [1.82, 2.24) is 14.9 Å². The SMILES string of the molecule is COc1ccc(C(NC(=O)c2ccc(C(C)C)cc2)c2nccn2C)cc1. The monoisotopic (exact) mass is 363 g/mol. The third kappa shape index (κ3) is 4.19. The normalized spacial score (nSPS) is 12.0. The number of amides is 1. The molecule has 27 heavy (non-hydrogen) atoms. The molecule has 0 aliphatic rings. The van der Waals surface area contributed by atoms with E-state index in [1.807, 2.05) is 66.3 Å². The van der Waals surface area contributed by atoms with Gasteiger partial charge in [0.2, 0.25) is 0 Å². The summed E-state index contributed by atoms with van der Waals surface area (Å²) >= 11 is 0. The lowest BCUT2D eigenvalue weighted by molar-refractivity contribution is 0.0941. The summed E-state index contributed by atoms with van der Waals surface area (Å²) in [5.74, 6) is 1.84. The van der Waals surface area contributed by atoms with E-state index in [2.05, 4.69) is 24.1 Å². The van der Waals surface area contributed by atoms with Crippen LogP contribution in [0.5, 0.6) is 5.75 Å². The van der Waals surface area contributed by atoms with E-state index in [0.717, 1.165) is 17.1 Å². The van der Waals surface area contributed by atoms with Crippen LogP contribution in [0.3, 0.4) is 0 Å². The number of nitrogens with one attached hydrogen (secondary N) is 1. The van der Waals surface area contributed by atoms with Gasteiger partial charge in [-0.15, -0.1) is 0 Å². The lowest BCUT2D eigenvalue weighted by Crippen LogP contribution is -2.31. The van der Waals surface area contributed by atoms with Gasteiger partial charge in [0.05, 0.1) is 7.11 Å². The Morgan fingerprint density at radius 1 is 1.04 bits per heavy atom. The molecule has 0 bridgehead atoms. The molecule has 0 aliphatic heterocycles. The molecule has 1 N–H and O–H groups in total. The van der Waals surface area contributed by atoms with Crippen molar-refractivity contribution >= 4 is 5.91 Å². The second-order valence-electron chi connectivity index (χ2n) is 6.85. The number of imidazole rings is 1. The van der Waals surface area contributed by atoms with Gasteiger partial charge in [-0.1, -0.05) is 38.1 Å². The minimum Gasteiger partial charge on any atom is -0.497 e. The van der Waals surface area contributed by atoms with E-state index in [0.29, 0.717) is 11.5 Å². The summed E-state index contributed by atoms with van der Waals surface area (Å²) in [6, 6.07) is 15.0. The standard InChI is InChI=1S/C22H25N3O2/c1-15(2)16-5-7-18(8-6-16)22(26)24-20(21-23-13-14-25(21)3)17-9-11-19(27-4)12-10-17/h5-15,20H,1-4H3,(H,24,26). The van der Waals surface area contributed by atoms with Crippen molar-refractivity contribution in [2.24, 2.45) is 7.05 Å². The summed E-state index contributed by atoms with van der Waals surface area (Å²) in [4.78, 5) is 17.3. The molecule has 140 valence electrons. The van der Waals surface area contributed by atoms with Gasteiger partial charge in [-0.05, 0) is 41.3 Å². The van der Waals surface area contributed by atoms with Crippen molar-refractivity contribution in [2.75, 3.05) is 7.11 Å². The predicted octanol–water partition coefficient (Wildman–Crippen LogP) is 4.07. The van der Waals surface area contributed by atoms with E-state index in [1.54, 1.807) is 13.3 Å². The van der Waals surface area contributed by atoms with E-state index in [-0.39, 0.29) is 11.9 Å². The highest BCUT2D eigenvalue weighted by Crippen LogP contribution is 2.24. The maximum Gasteiger partial charge on any atom is 0.252 e. The van der Waals surface area contributed by atoms with Crippen molar-refractivity contribution in [3.8, 4) is 5.75 Å². The smallest absolute Gasteiger partial charge is 0.252 e. The molecule has 1 atom stereocenters. The molecule has 1 unspecified atom stereocenters. The van der Waals surface area contributed by atoms with Gasteiger partial charge in [-0.25, -0.2) is 4.98 Å². The first kappa shape index (κ1) is 18.7. The fraction of sp³-hybridized carbons (Fsp3) is 0.273. The number of nitrogens with zero attached hydrogens (tertiary/aromatic N) is 2. The molecular formula is C22H25N3O2. The minimum atomic E-state index is -0.354. The zero-order valence-electron chi connectivity index (χ0n) is 16.1. The summed E-state index contributed by atoms with van der Waals surface area (Å²) in [5, 5.41) is 3.12. The average Bonchev–Trinajstić information content (AvgIpc) is 3.11. The van der Waals surface area contributed by atoms with Crippen LogP contribution in [0.2, 0.25) is 0 Å². The molecule has 0 aliphatic carbocycles. The Morgan fingerprint density at radius 2 is 1.67 bits per heavy atom. The molecule has 3 aromatic rings. The van der Waals surface area contributed by atoms with Crippen molar-refractivity contribution in [3.05, 3.63) is 83.4 Å². The molecule has 1 heterocycles. The quantitative estimate of drug-likeness (QED) is 0.718. The van der Waals surface area contributed by atoms with Gasteiger partial charge in [0, 0.05) is 25.0 Å². The van der Waals surface area contributed by atoms with E-state index in [9.17, 15) is 4.79 Å². The Kier molecular flexibility index (Phi) is 5.60. The molecule has 3 rings (SSSR count). The molecule has 5 heteroatoms. The summed E-state index contributed by atoms with van der Waals surface area (Å²) in [7, 11) is 3.55. The molecule has 1 aromatic heterocycles. The molecule has 0 saturated heterocycles. The minimum absolute atomic E-state index is 0.130. The van der Waals surface area contributed by atoms with Gasteiger partial charge < -0.3 is 14.6 Å². The van der Waals surface area contributed by atoms with Gasteiger partial charge in [0.1, 0.15) is 17.6 Å². The fourth-order valence-electron chi connectivity index (χ4n) is 2.98. The Bertz CT molecular complexity index is 896. The lowest BCUT2D eigenvalue weighted by Gasteiger charge is -2.20. The highest BCUT2D eigenvalue weighted by atomic mass is 16.5. The highest BCUT2D eigenvalue weighted by Gasteiger charge is 2.21. The maximum absolute atomic E-state index is 12.9. The molecule has 1 amide bonds. The lowest BCUT2D eigenvalue weighted by atomic mass is 10.0. The number of rotatable bonds is 6. The zero-order chi connectivity index (χ0) is 19.4. The molecule has 0 saturated carbocycles. The molecule has 0 fully saturated rings. The van der Waals surface area contributed by atoms with E-state index in [1.165, 1.54) is 5.56 Å². The Balaban J connectivity index is 1.88. The first-order valence-electron chi connectivity index (χ1n) is 9.01. The van der Waals surface area contributed by atoms with Gasteiger partial charge in [-0.3, -0.25) is 4.79 Å². The number of ether oxygens (including phenoxy) is 1. The van der Waals surface area contributed by atoms with Crippen LogP contribution in [0.4, 0.5) is 0 Å². The maximum atomic E-state index is 12.9. The van der Waals surface area contributed by atoms with Crippen LogP contribution in [-0.2, 0) is 7.05 Å². The number of hydrogen-bond donors (Lipinski definition) is 1. The van der Waals surface area contributed by atoms with Crippen LogP contribution in [0.1, 0.15) is 53.1 Å². The van der Waals surface area contributed by atoms with Crippen molar-refractivity contribution in [3.63, 3.8) is 0 Å². The van der Waals surface area contributed by atoms with Gasteiger partial charge in [-0.2, -0.15) is 0 Å². The second-order valence-corrected chi connectivity index (χ2v) is 6.85. The number of benzene rings is 2. The van der Waals surface area contributed by atoms with Gasteiger partial charge >= 0.3 is 0 Å². The van der Waals surface area contributed by atoms with Gasteiger partial charge in [0.25, 0.3) is 5.91 Å². The summed E-state index contributed by atoms with van der Waals surface area (Å²) < 4.78 is 7.15. The molecule has 5 nitrogen and oxygen atoms in total.